The van der Waals surface area contributed by atoms with Crippen LogP contribution in [-0.4, -0.2) is 60.4 Å². The van der Waals surface area contributed by atoms with Gasteiger partial charge in [0.25, 0.3) is 0 Å². The van der Waals surface area contributed by atoms with E-state index in [0.29, 0.717) is 18.8 Å². The molecule has 5 aromatic rings. The first-order valence-electron chi connectivity index (χ1n) is 16.0. The SMILES string of the molecule is Cc1cc(N2CCN(C(=O)OC(C)(C)C)C2=O)ccc1-n1nc(-c2cccc3nn(C[C@H](O)c4ccccc4)cc23)c(C(C)C)c1C. The van der Waals surface area contributed by atoms with E-state index >= 15 is 0 Å². The number of urea groups is 1. The van der Waals surface area contributed by atoms with Crippen molar-refractivity contribution in [1.29, 1.82) is 0 Å². The third-order valence-electron chi connectivity index (χ3n) is 8.48. The lowest BCUT2D eigenvalue weighted by molar-refractivity contribution is 0.0354. The minimum atomic E-state index is -0.685. The third kappa shape index (κ3) is 6.25. The van der Waals surface area contributed by atoms with Gasteiger partial charge in [0.1, 0.15) is 5.60 Å². The summed E-state index contributed by atoms with van der Waals surface area (Å²) >= 11 is 0. The summed E-state index contributed by atoms with van der Waals surface area (Å²) in [6.07, 6.45) is 0.680. The number of aliphatic hydroxyl groups is 1. The summed E-state index contributed by atoms with van der Waals surface area (Å²) in [5.41, 5.74) is 7.60. The van der Waals surface area contributed by atoms with Gasteiger partial charge in [0.05, 0.1) is 36.1 Å². The first-order chi connectivity index (χ1) is 22.3. The lowest BCUT2D eigenvalue weighted by Crippen LogP contribution is -2.40. The van der Waals surface area contributed by atoms with Gasteiger partial charge in [-0.1, -0.05) is 56.3 Å². The number of fused-ring (bicyclic) bond motifs is 1. The van der Waals surface area contributed by atoms with Crippen molar-refractivity contribution in [3.63, 3.8) is 0 Å². The Bertz CT molecular complexity index is 1950. The Morgan fingerprint density at radius 3 is 2.40 bits per heavy atom. The average Bonchev–Trinajstić information content (AvgIpc) is 3.71. The van der Waals surface area contributed by atoms with Crippen molar-refractivity contribution in [2.24, 2.45) is 0 Å². The van der Waals surface area contributed by atoms with Crippen LogP contribution in [0, 0.1) is 13.8 Å². The topological polar surface area (TPSA) is 106 Å². The zero-order valence-corrected chi connectivity index (χ0v) is 28.1. The highest BCUT2D eigenvalue weighted by atomic mass is 16.6. The predicted molar refractivity (Wildman–Crippen MR) is 183 cm³/mol. The van der Waals surface area contributed by atoms with Crippen LogP contribution in [0.3, 0.4) is 0 Å². The molecule has 1 aliphatic heterocycles. The van der Waals surface area contributed by atoms with E-state index in [9.17, 15) is 14.7 Å². The third-order valence-corrected chi connectivity index (χ3v) is 8.48. The van der Waals surface area contributed by atoms with Crippen LogP contribution in [0.15, 0.2) is 72.9 Å². The van der Waals surface area contributed by atoms with Crippen LogP contribution in [0.5, 0.6) is 0 Å². The summed E-state index contributed by atoms with van der Waals surface area (Å²) in [5.74, 6) is 0.199. The lowest BCUT2D eigenvalue weighted by atomic mass is 9.95. The van der Waals surface area contributed by atoms with Gasteiger partial charge in [-0.3, -0.25) is 9.58 Å². The van der Waals surface area contributed by atoms with Crippen molar-refractivity contribution in [3.05, 3.63) is 95.3 Å². The van der Waals surface area contributed by atoms with Gasteiger partial charge in [-0.2, -0.15) is 10.2 Å². The second kappa shape index (κ2) is 12.3. The highest BCUT2D eigenvalue weighted by molar-refractivity contribution is 6.03. The zero-order valence-electron chi connectivity index (χ0n) is 28.1. The maximum Gasteiger partial charge on any atom is 0.418 e. The van der Waals surface area contributed by atoms with E-state index in [4.69, 9.17) is 14.9 Å². The Kier molecular flexibility index (Phi) is 8.40. The molecule has 1 saturated heterocycles. The van der Waals surface area contributed by atoms with Crippen molar-refractivity contribution in [3.8, 4) is 16.9 Å². The van der Waals surface area contributed by atoms with E-state index in [1.807, 2.05) is 78.5 Å². The molecular formula is C37H42N6O4. The number of anilines is 1. The summed E-state index contributed by atoms with van der Waals surface area (Å²) in [5, 5.41) is 21.8. The molecule has 10 nitrogen and oxygen atoms in total. The minimum absolute atomic E-state index is 0.199. The molecular weight excluding hydrogens is 592 g/mol. The largest absolute Gasteiger partial charge is 0.443 e. The molecule has 10 heteroatoms. The Labute approximate surface area is 275 Å². The van der Waals surface area contributed by atoms with Crippen LogP contribution in [0.25, 0.3) is 27.8 Å². The predicted octanol–water partition coefficient (Wildman–Crippen LogP) is 7.54. The van der Waals surface area contributed by atoms with E-state index < -0.39 is 23.8 Å². The number of ether oxygens (including phenoxy) is 1. The molecule has 3 aromatic carbocycles. The number of imide groups is 1. The van der Waals surface area contributed by atoms with Crippen LogP contribution < -0.4 is 4.90 Å². The molecule has 0 aliphatic carbocycles. The van der Waals surface area contributed by atoms with Crippen LogP contribution >= 0.6 is 0 Å². The number of aromatic nitrogens is 4. The van der Waals surface area contributed by atoms with Gasteiger partial charge >= 0.3 is 12.1 Å². The maximum absolute atomic E-state index is 13.2. The number of amides is 3. The van der Waals surface area contributed by atoms with Crippen molar-refractivity contribution >= 4 is 28.7 Å². The number of nitrogens with zero attached hydrogens (tertiary/aromatic N) is 6. The summed E-state index contributed by atoms with van der Waals surface area (Å²) < 4.78 is 9.21. The molecule has 6 rings (SSSR count). The van der Waals surface area contributed by atoms with E-state index in [-0.39, 0.29) is 12.5 Å². The number of aryl methyl sites for hydroxylation is 1. The molecule has 0 bridgehead atoms. The molecule has 0 spiro atoms. The molecule has 47 heavy (non-hydrogen) atoms. The fraction of sp³-hybridized carbons (Fsp3) is 0.351. The van der Waals surface area contributed by atoms with Crippen molar-refractivity contribution in [2.75, 3.05) is 18.0 Å². The minimum Gasteiger partial charge on any atom is -0.443 e. The number of hydrogen-bond donors (Lipinski definition) is 1. The summed E-state index contributed by atoms with van der Waals surface area (Å²) in [6.45, 7) is 14.8. The second-order valence-electron chi connectivity index (χ2n) is 13.5. The quantitative estimate of drug-likeness (QED) is 0.198. The summed E-state index contributed by atoms with van der Waals surface area (Å²) in [4.78, 5) is 28.6. The van der Waals surface area contributed by atoms with Crippen molar-refractivity contribution < 1.29 is 19.4 Å². The number of carbonyl (C=O) groups is 2. The van der Waals surface area contributed by atoms with E-state index in [0.717, 1.165) is 55.1 Å². The molecule has 1 aliphatic rings. The highest BCUT2D eigenvalue weighted by Crippen LogP contribution is 2.37. The number of hydrogen-bond acceptors (Lipinski definition) is 6. The molecule has 0 unspecified atom stereocenters. The van der Waals surface area contributed by atoms with Crippen LogP contribution in [0.1, 0.15) is 69.0 Å². The molecule has 0 saturated carbocycles. The molecule has 3 amide bonds. The van der Waals surface area contributed by atoms with Crippen molar-refractivity contribution in [1.82, 2.24) is 24.5 Å². The van der Waals surface area contributed by atoms with Gasteiger partial charge in [-0.05, 0) is 75.9 Å². The number of carbonyl (C=O) groups excluding carboxylic acids is 2. The average molecular weight is 635 g/mol. The van der Waals surface area contributed by atoms with E-state index in [1.165, 1.54) is 0 Å². The Balaban J connectivity index is 1.32. The fourth-order valence-electron chi connectivity index (χ4n) is 6.30. The number of rotatable bonds is 7. The fourth-order valence-corrected chi connectivity index (χ4v) is 6.30. The van der Waals surface area contributed by atoms with Gasteiger partial charge in [0.2, 0.25) is 0 Å². The van der Waals surface area contributed by atoms with Crippen LogP contribution in [0.4, 0.5) is 15.3 Å². The van der Waals surface area contributed by atoms with Crippen LogP contribution in [-0.2, 0) is 11.3 Å². The van der Waals surface area contributed by atoms with E-state index in [2.05, 4.69) is 26.8 Å². The number of benzene rings is 3. The monoisotopic (exact) mass is 634 g/mol. The Hall–Kier alpha value is -4.96. The summed E-state index contributed by atoms with van der Waals surface area (Å²) in [6, 6.07) is 21.1. The molecule has 244 valence electrons. The van der Waals surface area contributed by atoms with Crippen LogP contribution in [0.2, 0.25) is 0 Å². The molecule has 3 heterocycles. The second-order valence-corrected chi connectivity index (χ2v) is 13.5. The molecule has 1 N–H and O–H groups in total. The molecule has 1 fully saturated rings. The lowest BCUT2D eigenvalue weighted by Gasteiger charge is -2.23. The molecule has 0 radical (unpaired) electrons. The van der Waals surface area contributed by atoms with Crippen molar-refractivity contribution in [2.45, 2.75) is 72.6 Å². The molecule has 2 aromatic heterocycles. The molecule has 1 atom stereocenters. The Morgan fingerprint density at radius 2 is 1.72 bits per heavy atom. The number of aliphatic hydroxyl groups excluding tert-OH is 1. The Morgan fingerprint density at radius 1 is 0.979 bits per heavy atom. The van der Waals surface area contributed by atoms with E-state index in [1.54, 1.807) is 30.4 Å². The first-order valence-corrected chi connectivity index (χ1v) is 16.0. The normalized spacial score (nSPS) is 14.4. The van der Waals surface area contributed by atoms with Gasteiger partial charge in [0.15, 0.2) is 0 Å². The highest BCUT2D eigenvalue weighted by Gasteiger charge is 2.37. The van der Waals surface area contributed by atoms with Gasteiger partial charge in [0, 0.05) is 40.6 Å². The smallest absolute Gasteiger partial charge is 0.418 e. The van der Waals surface area contributed by atoms with Gasteiger partial charge < -0.3 is 9.84 Å². The van der Waals surface area contributed by atoms with Gasteiger partial charge in [-0.15, -0.1) is 0 Å². The zero-order chi connectivity index (χ0) is 33.6. The maximum atomic E-state index is 13.2. The standard InChI is InChI=1S/C37H42N6O4/c1-23(2)33-25(4)43(31-17-16-27(20-24(31)3)41-18-19-42(35(41)45)36(46)47-37(5,6)7)39-34(33)28-14-11-15-30-29(28)21-40(38-30)22-32(44)26-12-9-8-10-13-26/h8-17,20-21,23,32,44H,18-19,22H2,1-7H3/t32-/m0/s1. The summed E-state index contributed by atoms with van der Waals surface area (Å²) in [7, 11) is 0. The first kappa shape index (κ1) is 32.0. The van der Waals surface area contributed by atoms with Gasteiger partial charge in [-0.25, -0.2) is 19.2 Å².